The fourth-order valence-corrected chi connectivity index (χ4v) is 4.84. The van der Waals surface area contributed by atoms with Crippen LogP contribution in [0.3, 0.4) is 0 Å². The van der Waals surface area contributed by atoms with E-state index in [0.29, 0.717) is 48.0 Å². The summed E-state index contributed by atoms with van der Waals surface area (Å²) in [6, 6.07) is 7.01. The fourth-order valence-electron chi connectivity index (χ4n) is 3.59. The van der Waals surface area contributed by atoms with Gasteiger partial charge in [-0.25, -0.2) is 4.79 Å². The zero-order valence-electron chi connectivity index (χ0n) is 18.7. The molecule has 0 atom stereocenters. The topological polar surface area (TPSA) is 97.0 Å². The molecule has 32 heavy (non-hydrogen) atoms. The van der Waals surface area contributed by atoms with Crippen molar-refractivity contribution in [2.75, 3.05) is 32.6 Å². The van der Waals surface area contributed by atoms with Crippen LogP contribution >= 0.6 is 11.3 Å². The molecule has 2 aromatic rings. The number of ether oxygens (including phenoxy) is 2. The number of carbonyl (C=O) groups is 3. The first-order valence-electron chi connectivity index (χ1n) is 10.7. The number of anilines is 1. The molecule has 2 heterocycles. The van der Waals surface area contributed by atoms with Crippen molar-refractivity contribution < 1.29 is 23.9 Å². The molecule has 0 spiro atoms. The van der Waals surface area contributed by atoms with E-state index in [2.05, 4.69) is 17.6 Å². The summed E-state index contributed by atoms with van der Waals surface area (Å²) in [4.78, 5) is 39.9. The number of hydrogen-bond donors (Lipinski definition) is 2. The number of benzene rings is 1. The second kappa shape index (κ2) is 11.0. The molecule has 0 saturated heterocycles. The maximum atomic E-state index is 13.0. The standard InChI is InChI=1S/C23H29N3O5S/c1-4-5-6-12-31-16-9-7-8-15(13-16)20(27)25-22-19(21(28)24-2)17-10-11-26(23(29)30-3)14-18(17)32-22/h7-9,13H,4-6,10-12,14H2,1-3H3,(H,24,28)(H,25,27). The van der Waals surface area contributed by atoms with Crippen LogP contribution < -0.4 is 15.4 Å². The minimum absolute atomic E-state index is 0.266. The third kappa shape index (κ3) is 5.40. The highest BCUT2D eigenvalue weighted by atomic mass is 32.1. The Hall–Kier alpha value is -3.07. The molecule has 9 heteroatoms. The van der Waals surface area contributed by atoms with Gasteiger partial charge < -0.3 is 25.0 Å². The number of thiophene rings is 1. The van der Waals surface area contributed by atoms with Crippen LogP contribution in [0.25, 0.3) is 0 Å². The van der Waals surface area contributed by atoms with E-state index < -0.39 is 6.09 Å². The van der Waals surface area contributed by atoms with E-state index in [1.165, 1.54) is 18.4 Å². The zero-order chi connectivity index (χ0) is 23.1. The van der Waals surface area contributed by atoms with Gasteiger partial charge in [0, 0.05) is 24.0 Å². The molecule has 8 nitrogen and oxygen atoms in total. The molecule has 2 N–H and O–H groups in total. The number of amides is 3. The van der Waals surface area contributed by atoms with Gasteiger partial charge >= 0.3 is 6.09 Å². The Bertz CT molecular complexity index is 988. The molecule has 1 aliphatic heterocycles. The van der Waals surface area contributed by atoms with Crippen molar-refractivity contribution in [3.8, 4) is 5.75 Å². The summed E-state index contributed by atoms with van der Waals surface area (Å²) >= 11 is 1.31. The summed E-state index contributed by atoms with van der Waals surface area (Å²) in [7, 11) is 2.90. The van der Waals surface area contributed by atoms with Crippen LogP contribution in [0.2, 0.25) is 0 Å². The Morgan fingerprint density at radius 3 is 2.72 bits per heavy atom. The summed E-state index contributed by atoms with van der Waals surface area (Å²) in [5, 5.41) is 6.01. The maximum Gasteiger partial charge on any atom is 0.409 e. The largest absolute Gasteiger partial charge is 0.494 e. The molecular weight excluding hydrogens is 430 g/mol. The molecule has 172 valence electrons. The lowest BCUT2D eigenvalue weighted by molar-refractivity contribution is 0.0962. The van der Waals surface area contributed by atoms with Crippen molar-refractivity contribution in [2.24, 2.45) is 0 Å². The molecule has 0 radical (unpaired) electrons. The predicted molar refractivity (Wildman–Crippen MR) is 124 cm³/mol. The van der Waals surface area contributed by atoms with Crippen LogP contribution in [0.5, 0.6) is 5.75 Å². The van der Waals surface area contributed by atoms with Gasteiger partial charge in [0.1, 0.15) is 10.8 Å². The van der Waals surface area contributed by atoms with Gasteiger partial charge in [-0.2, -0.15) is 0 Å². The van der Waals surface area contributed by atoms with Gasteiger partial charge in [-0.15, -0.1) is 11.3 Å². The molecule has 3 amide bonds. The Balaban J connectivity index is 1.80. The van der Waals surface area contributed by atoms with Crippen molar-refractivity contribution in [1.82, 2.24) is 10.2 Å². The van der Waals surface area contributed by atoms with Crippen molar-refractivity contribution in [3.05, 3.63) is 45.8 Å². The lowest BCUT2D eigenvalue weighted by Gasteiger charge is -2.25. The molecule has 0 fully saturated rings. The van der Waals surface area contributed by atoms with E-state index >= 15 is 0 Å². The molecule has 1 aromatic heterocycles. The minimum atomic E-state index is -0.410. The van der Waals surface area contributed by atoms with E-state index in [4.69, 9.17) is 9.47 Å². The first kappa shape index (κ1) is 23.6. The highest BCUT2D eigenvalue weighted by Crippen LogP contribution is 2.37. The fraction of sp³-hybridized carbons (Fsp3) is 0.435. The number of rotatable bonds is 8. The van der Waals surface area contributed by atoms with Crippen molar-refractivity contribution in [2.45, 2.75) is 39.2 Å². The third-order valence-corrected chi connectivity index (χ3v) is 6.42. The Morgan fingerprint density at radius 2 is 2.00 bits per heavy atom. The number of carbonyl (C=O) groups excluding carboxylic acids is 3. The lowest BCUT2D eigenvalue weighted by atomic mass is 10.0. The highest BCUT2D eigenvalue weighted by Gasteiger charge is 2.30. The Morgan fingerprint density at radius 1 is 1.19 bits per heavy atom. The molecule has 3 rings (SSSR count). The molecule has 0 bridgehead atoms. The van der Waals surface area contributed by atoms with Gasteiger partial charge in [0.2, 0.25) is 0 Å². The smallest absolute Gasteiger partial charge is 0.409 e. The van der Waals surface area contributed by atoms with Gasteiger partial charge in [-0.05, 0) is 36.6 Å². The lowest BCUT2D eigenvalue weighted by Crippen LogP contribution is -2.35. The van der Waals surface area contributed by atoms with Crippen LogP contribution in [0, 0.1) is 0 Å². The second-order valence-electron chi connectivity index (χ2n) is 7.47. The van der Waals surface area contributed by atoms with E-state index in [-0.39, 0.29) is 11.8 Å². The van der Waals surface area contributed by atoms with Crippen LogP contribution in [0.4, 0.5) is 9.80 Å². The van der Waals surface area contributed by atoms with Gasteiger partial charge in [-0.3, -0.25) is 9.59 Å². The second-order valence-corrected chi connectivity index (χ2v) is 8.57. The summed E-state index contributed by atoms with van der Waals surface area (Å²) in [5.41, 5.74) is 1.76. The summed E-state index contributed by atoms with van der Waals surface area (Å²) in [6.07, 6.45) is 3.28. The molecular formula is C23H29N3O5S. The van der Waals surface area contributed by atoms with E-state index in [9.17, 15) is 14.4 Å². The van der Waals surface area contributed by atoms with E-state index in [1.54, 1.807) is 30.1 Å². The van der Waals surface area contributed by atoms with Crippen LogP contribution in [0.1, 0.15) is 57.3 Å². The molecule has 0 saturated carbocycles. The minimum Gasteiger partial charge on any atom is -0.494 e. The van der Waals surface area contributed by atoms with Crippen LogP contribution in [-0.2, 0) is 17.7 Å². The third-order valence-electron chi connectivity index (χ3n) is 5.28. The summed E-state index contributed by atoms with van der Waals surface area (Å²) < 4.78 is 10.6. The average Bonchev–Trinajstić information content (AvgIpc) is 3.17. The van der Waals surface area contributed by atoms with Gasteiger partial charge in [0.25, 0.3) is 11.8 Å². The highest BCUT2D eigenvalue weighted by molar-refractivity contribution is 7.17. The van der Waals surface area contributed by atoms with Crippen molar-refractivity contribution in [1.29, 1.82) is 0 Å². The Kier molecular flexibility index (Phi) is 8.10. The van der Waals surface area contributed by atoms with Crippen molar-refractivity contribution >= 4 is 34.2 Å². The number of hydrogen-bond acceptors (Lipinski definition) is 6. The van der Waals surface area contributed by atoms with Crippen molar-refractivity contribution in [3.63, 3.8) is 0 Å². The van der Waals surface area contributed by atoms with E-state index in [0.717, 1.165) is 29.7 Å². The summed E-state index contributed by atoms with van der Waals surface area (Å²) in [6.45, 7) is 3.53. The van der Waals surface area contributed by atoms with Gasteiger partial charge in [0.05, 0.1) is 25.8 Å². The number of unbranched alkanes of at least 4 members (excludes halogenated alkanes) is 2. The Labute approximate surface area is 191 Å². The molecule has 1 aliphatic rings. The molecule has 0 unspecified atom stereocenters. The normalized spacial score (nSPS) is 12.7. The SMILES string of the molecule is CCCCCOc1cccc(C(=O)Nc2sc3c(c2C(=O)NC)CCN(C(=O)OC)C3)c1. The molecule has 1 aromatic carbocycles. The first-order valence-corrected chi connectivity index (χ1v) is 11.5. The summed E-state index contributed by atoms with van der Waals surface area (Å²) in [5.74, 6) is 0.0504. The quantitative estimate of drug-likeness (QED) is 0.581. The molecule has 0 aliphatic carbocycles. The van der Waals surface area contributed by atoms with E-state index in [1.807, 2.05) is 6.07 Å². The maximum absolute atomic E-state index is 13.0. The zero-order valence-corrected chi connectivity index (χ0v) is 19.5. The van der Waals surface area contributed by atoms with Gasteiger partial charge in [-0.1, -0.05) is 25.8 Å². The number of nitrogens with zero attached hydrogens (tertiary/aromatic N) is 1. The van der Waals surface area contributed by atoms with Gasteiger partial charge in [0.15, 0.2) is 0 Å². The first-order chi connectivity index (χ1) is 15.5. The average molecular weight is 460 g/mol. The predicted octanol–water partition coefficient (Wildman–Crippen LogP) is 4.05. The number of fused-ring (bicyclic) bond motifs is 1. The van der Waals surface area contributed by atoms with Crippen LogP contribution in [0.15, 0.2) is 24.3 Å². The number of methoxy groups -OCH3 is 1. The van der Waals surface area contributed by atoms with Crippen LogP contribution in [-0.4, -0.2) is 50.1 Å². The monoisotopic (exact) mass is 459 g/mol. The number of nitrogens with one attached hydrogen (secondary N) is 2.